The predicted octanol–water partition coefficient (Wildman–Crippen LogP) is 5.25. The molecule has 1 N–H and O–H groups in total. The van der Waals surface area contributed by atoms with Gasteiger partial charge >= 0.3 is 0 Å². The molecule has 0 aliphatic carbocycles. The lowest BCUT2D eigenvalue weighted by molar-refractivity contribution is -0.120. The topological polar surface area (TPSA) is 50.7 Å². The maximum Gasteiger partial charge on any atom is 0.244 e. The van der Waals surface area contributed by atoms with Gasteiger partial charge in [-0.2, -0.15) is 5.10 Å². The molecule has 4 aromatic rings. The van der Waals surface area contributed by atoms with Crippen molar-refractivity contribution in [3.63, 3.8) is 0 Å². The molecular formula is C26H21FN2O2. The van der Waals surface area contributed by atoms with Gasteiger partial charge in [-0.25, -0.2) is 9.82 Å². The highest BCUT2D eigenvalue weighted by Gasteiger charge is 2.08. The summed E-state index contributed by atoms with van der Waals surface area (Å²) in [4.78, 5) is 12.2. The molecule has 0 saturated carbocycles. The van der Waals surface area contributed by atoms with E-state index in [2.05, 4.69) is 10.5 Å². The minimum atomic E-state index is -0.284. The zero-order valence-corrected chi connectivity index (χ0v) is 16.8. The largest absolute Gasteiger partial charge is 0.488 e. The lowest BCUT2D eigenvalue weighted by Gasteiger charge is -2.12. The lowest BCUT2D eigenvalue weighted by atomic mass is 10.0. The van der Waals surface area contributed by atoms with Crippen molar-refractivity contribution in [1.29, 1.82) is 0 Å². The predicted molar refractivity (Wildman–Crippen MR) is 121 cm³/mol. The van der Waals surface area contributed by atoms with Crippen molar-refractivity contribution in [2.75, 3.05) is 0 Å². The molecule has 0 aliphatic heterocycles. The van der Waals surface area contributed by atoms with Crippen molar-refractivity contribution in [2.24, 2.45) is 5.10 Å². The Kier molecular flexibility index (Phi) is 6.33. The Morgan fingerprint density at radius 3 is 2.42 bits per heavy atom. The molecule has 0 unspecified atom stereocenters. The van der Waals surface area contributed by atoms with Crippen molar-refractivity contribution < 1.29 is 13.9 Å². The summed E-state index contributed by atoms with van der Waals surface area (Å²) >= 11 is 0. The third-order valence-electron chi connectivity index (χ3n) is 4.83. The van der Waals surface area contributed by atoms with Crippen molar-refractivity contribution in [3.8, 4) is 5.75 Å². The van der Waals surface area contributed by atoms with Crippen LogP contribution in [0.4, 0.5) is 4.39 Å². The van der Waals surface area contributed by atoms with E-state index in [1.165, 1.54) is 12.1 Å². The molecule has 31 heavy (non-hydrogen) atoms. The molecule has 0 atom stereocenters. The fraction of sp³-hybridized carbons (Fsp3) is 0.0769. The fourth-order valence-electron chi connectivity index (χ4n) is 3.27. The van der Waals surface area contributed by atoms with E-state index in [1.807, 2.05) is 66.7 Å². The summed E-state index contributed by atoms with van der Waals surface area (Å²) in [6, 6.07) is 27.4. The van der Waals surface area contributed by atoms with Crippen molar-refractivity contribution in [2.45, 2.75) is 13.0 Å². The number of hydrogen-bond acceptors (Lipinski definition) is 3. The van der Waals surface area contributed by atoms with Gasteiger partial charge in [0.25, 0.3) is 0 Å². The minimum Gasteiger partial charge on any atom is -0.488 e. The molecule has 4 rings (SSSR count). The van der Waals surface area contributed by atoms with E-state index < -0.39 is 0 Å². The second kappa shape index (κ2) is 9.67. The molecule has 0 heterocycles. The van der Waals surface area contributed by atoms with E-state index in [0.29, 0.717) is 12.4 Å². The molecule has 1 amide bonds. The van der Waals surface area contributed by atoms with Crippen LogP contribution in [0.5, 0.6) is 5.75 Å². The Balaban J connectivity index is 1.52. The number of benzene rings is 4. The van der Waals surface area contributed by atoms with E-state index in [-0.39, 0.29) is 18.1 Å². The number of halogens is 1. The minimum absolute atomic E-state index is 0.198. The number of ether oxygens (including phenoxy) is 1. The molecule has 154 valence electrons. The van der Waals surface area contributed by atoms with E-state index in [1.54, 1.807) is 18.3 Å². The zero-order chi connectivity index (χ0) is 21.5. The smallest absolute Gasteiger partial charge is 0.244 e. The monoisotopic (exact) mass is 412 g/mol. The molecule has 0 saturated heterocycles. The molecular weight excluding hydrogens is 391 g/mol. The zero-order valence-electron chi connectivity index (χ0n) is 16.8. The number of fused-ring (bicyclic) bond motifs is 1. The van der Waals surface area contributed by atoms with Gasteiger partial charge in [-0.1, -0.05) is 72.8 Å². The van der Waals surface area contributed by atoms with E-state index in [0.717, 1.165) is 27.5 Å². The van der Waals surface area contributed by atoms with Gasteiger partial charge in [0, 0.05) is 5.56 Å². The van der Waals surface area contributed by atoms with Crippen LogP contribution < -0.4 is 10.2 Å². The van der Waals surface area contributed by atoms with Crippen LogP contribution in [0.15, 0.2) is 96.1 Å². The van der Waals surface area contributed by atoms with Gasteiger partial charge in [-0.3, -0.25) is 4.79 Å². The van der Waals surface area contributed by atoms with Gasteiger partial charge in [0.15, 0.2) is 0 Å². The molecule has 0 aromatic heterocycles. The molecule has 4 aromatic carbocycles. The first-order valence-electron chi connectivity index (χ1n) is 9.94. The molecule has 0 fully saturated rings. The lowest BCUT2D eigenvalue weighted by Crippen LogP contribution is -2.19. The number of rotatable bonds is 7. The summed E-state index contributed by atoms with van der Waals surface area (Å²) in [5.41, 5.74) is 5.12. The van der Waals surface area contributed by atoms with Crippen LogP contribution in [0, 0.1) is 5.82 Å². The first-order valence-corrected chi connectivity index (χ1v) is 9.94. The summed E-state index contributed by atoms with van der Waals surface area (Å²) in [6.07, 6.45) is 1.85. The SMILES string of the molecule is O=C(Cc1ccccc1)NN=Cc1c(OCc2ccc(F)cc2)ccc2ccccc12. The maximum atomic E-state index is 13.1. The average molecular weight is 412 g/mol. The molecule has 0 aliphatic rings. The van der Waals surface area contributed by atoms with Crippen LogP contribution >= 0.6 is 0 Å². The van der Waals surface area contributed by atoms with Crippen molar-refractivity contribution >= 4 is 22.9 Å². The second-order valence-electron chi connectivity index (χ2n) is 7.07. The number of carbonyl (C=O) groups is 1. The van der Waals surface area contributed by atoms with E-state index >= 15 is 0 Å². The van der Waals surface area contributed by atoms with Crippen LogP contribution in [0.25, 0.3) is 10.8 Å². The third kappa shape index (κ3) is 5.34. The molecule has 0 bridgehead atoms. The van der Waals surface area contributed by atoms with Gasteiger partial charge in [0.2, 0.25) is 5.91 Å². The molecule has 5 heteroatoms. The van der Waals surface area contributed by atoms with Crippen LogP contribution in [-0.2, 0) is 17.8 Å². The van der Waals surface area contributed by atoms with Gasteiger partial charge < -0.3 is 4.74 Å². The van der Waals surface area contributed by atoms with E-state index in [9.17, 15) is 9.18 Å². The first-order chi connectivity index (χ1) is 15.2. The summed E-state index contributed by atoms with van der Waals surface area (Å²) in [7, 11) is 0. The number of carbonyl (C=O) groups excluding carboxylic acids is 1. The number of amides is 1. The maximum absolute atomic E-state index is 13.1. The number of nitrogens with zero attached hydrogens (tertiary/aromatic N) is 1. The highest BCUT2D eigenvalue weighted by Crippen LogP contribution is 2.27. The second-order valence-corrected chi connectivity index (χ2v) is 7.07. The Hall–Kier alpha value is -3.99. The Morgan fingerprint density at radius 1 is 0.871 bits per heavy atom. The molecule has 4 nitrogen and oxygen atoms in total. The van der Waals surface area contributed by atoms with Crippen molar-refractivity contribution in [3.05, 3.63) is 114 Å². The van der Waals surface area contributed by atoms with Gasteiger partial charge in [0.05, 0.1) is 12.6 Å². The third-order valence-corrected chi connectivity index (χ3v) is 4.83. The van der Waals surface area contributed by atoms with Crippen LogP contribution in [0.3, 0.4) is 0 Å². The Labute approximate surface area is 180 Å². The Morgan fingerprint density at radius 2 is 1.61 bits per heavy atom. The quantitative estimate of drug-likeness (QED) is 0.333. The van der Waals surface area contributed by atoms with E-state index in [4.69, 9.17) is 4.74 Å². The van der Waals surface area contributed by atoms with Crippen molar-refractivity contribution in [1.82, 2.24) is 5.43 Å². The number of hydrogen-bond donors (Lipinski definition) is 1. The summed E-state index contributed by atoms with van der Waals surface area (Å²) in [5, 5.41) is 6.16. The molecule has 0 radical (unpaired) electrons. The van der Waals surface area contributed by atoms with Gasteiger partial charge in [-0.05, 0) is 40.1 Å². The standard InChI is InChI=1S/C26H21FN2O2/c27-22-13-10-20(11-14-22)18-31-25-15-12-21-8-4-5-9-23(21)24(25)17-28-29-26(30)16-19-6-2-1-3-7-19/h1-15,17H,16,18H2,(H,29,30). The summed E-state index contributed by atoms with van der Waals surface area (Å²) in [6.45, 7) is 0.291. The van der Waals surface area contributed by atoms with Gasteiger partial charge in [-0.15, -0.1) is 0 Å². The number of hydrazone groups is 1. The fourth-order valence-corrected chi connectivity index (χ4v) is 3.27. The highest BCUT2D eigenvalue weighted by atomic mass is 19.1. The highest BCUT2D eigenvalue weighted by molar-refractivity contribution is 6.02. The Bertz CT molecular complexity index is 1210. The van der Waals surface area contributed by atoms with Crippen LogP contribution in [0.2, 0.25) is 0 Å². The van der Waals surface area contributed by atoms with Crippen LogP contribution in [-0.4, -0.2) is 12.1 Å². The summed E-state index contributed by atoms with van der Waals surface area (Å²) in [5.74, 6) is 0.147. The average Bonchev–Trinajstić information content (AvgIpc) is 2.80. The molecule has 0 spiro atoms. The first kappa shape index (κ1) is 20.3. The summed E-state index contributed by atoms with van der Waals surface area (Å²) < 4.78 is 19.1. The van der Waals surface area contributed by atoms with Crippen LogP contribution in [0.1, 0.15) is 16.7 Å². The van der Waals surface area contributed by atoms with Gasteiger partial charge in [0.1, 0.15) is 18.2 Å². The number of nitrogens with one attached hydrogen (secondary N) is 1. The normalized spacial score (nSPS) is 11.0.